The second-order valence-electron chi connectivity index (χ2n) is 2.22. The van der Waals surface area contributed by atoms with Crippen LogP contribution in [0, 0.1) is 5.92 Å². The molecule has 1 fully saturated rings. The number of hydrogen-bond donors (Lipinski definition) is 1. The van der Waals surface area contributed by atoms with E-state index >= 15 is 0 Å². The van der Waals surface area contributed by atoms with Crippen molar-refractivity contribution in [2.75, 3.05) is 0 Å². The quantitative estimate of drug-likeness (QED) is 0.400. The number of rotatable bonds is 1. The van der Waals surface area contributed by atoms with Gasteiger partial charge < -0.3 is 5.11 Å². The molecule has 0 aliphatic heterocycles. The van der Waals surface area contributed by atoms with Crippen LogP contribution in [-0.2, 0) is 14.4 Å². The lowest BCUT2D eigenvalue weighted by molar-refractivity contribution is -0.147. The smallest absolute Gasteiger partial charge is 0.314 e. The zero-order chi connectivity index (χ0) is 7.72. The molecule has 0 radical (unpaired) electrons. The second kappa shape index (κ2) is 2.21. The number of aliphatic carboxylic acids is 1. The zero-order valence-corrected chi connectivity index (χ0v) is 5.16. The molecule has 0 saturated heterocycles. The first-order chi connectivity index (χ1) is 4.63. The highest BCUT2D eigenvalue weighted by Crippen LogP contribution is 2.17. The van der Waals surface area contributed by atoms with Crippen LogP contribution in [0.5, 0.6) is 0 Å². The van der Waals surface area contributed by atoms with Crippen molar-refractivity contribution in [2.45, 2.75) is 12.8 Å². The third kappa shape index (κ3) is 0.920. The van der Waals surface area contributed by atoms with Gasteiger partial charge in [-0.2, -0.15) is 0 Å². The Hall–Kier alpha value is -1.19. The van der Waals surface area contributed by atoms with Crippen molar-refractivity contribution < 1.29 is 19.5 Å². The van der Waals surface area contributed by atoms with Crippen LogP contribution in [0.4, 0.5) is 0 Å². The summed E-state index contributed by atoms with van der Waals surface area (Å²) in [6.07, 6.45) is 0.267. The van der Waals surface area contributed by atoms with Gasteiger partial charge in [-0.05, 0) is 6.42 Å². The normalized spacial score (nSPS) is 25.4. The molecule has 1 aliphatic carbocycles. The number of carboxylic acid groups (broad SMARTS) is 1. The van der Waals surface area contributed by atoms with Gasteiger partial charge in [-0.1, -0.05) is 0 Å². The molecule has 0 aromatic rings. The Bertz CT molecular complexity index is 206. The molecule has 4 nitrogen and oxygen atoms in total. The predicted molar refractivity (Wildman–Crippen MR) is 30.4 cm³/mol. The van der Waals surface area contributed by atoms with Gasteiger partial charge in [0.05, 0.1) is 0 Å². The van der Waals surface area contributed by atoms with Gasteiger partial charge in [0.2, 0.25) is 5.78 Å². The largest absolute Gasteiger partial charge is 0.481 e. The lowest BCUT2D eigenvalue weighted by atomic mass is 10.1. The fourth-order valence-electron chi connectivity index (χ4n) is 0.960. The number of ketones is 2. The van der Waals surface area contributed by atoms with Crippen molar-refractivity contribution in [2.24, 2.45) is 5.92 Å². The predicted octanol–water partition coefficient (Wildman–Crippen LogP) is -0.381. The van der Waals surface area contributed by atoms with Crippen LogP contribution in [0.3, 0.4) is 0 Å². The molecule has 1 rings (SSSR count). The van der Waals surface area contributed by atoms with E-state index < -0.39 is 23.5 Å². The Balaban J connectivity index is 2.76. The van der Waals surface area contributed by atoms with Crippen LogP contribution >= 0.6 is 0 Å². The third-order valence-corrected chi connectivity index (χ3v) is 1.55. The summed E-state index contributed by atoms with van der Waals surface area (Å²) >= 11 is 0. The van der Waals surface area contributed by atoms with Gasteiger partial charge in [-0.25, -0.2) is 0 Å². The Morgan fingerprint density at radius 2 is 2.10 bits per heavy atom. The van der Waals surface area contributed by atoms with Gasteiger partial charge >= 0.3 is 5.97 Å². The monoisotopic (exact) mass is 142 g/mol. The highest BCUT2D eigenvalue weighted by Gasteiger charge is 2.37. The van der Waals surface area contributed by atoms with Crippen LogP contribution < -0.4 is 0 Å². The maximum Gasteiger partial charge on any atom is 0.314 e. The molecule has 0 spiro atoms. The van der Waals surface area contributed by atoms with Gasteiger partial charge in [0.25, 0.3) is 0 Å². The summed E-state index contributed by atoms with van der Waals surface area (Å²) in [7, 11) is 0. The Morgan fingerprint density at radius 1 is 1.50 bits per heavy atom. The summed E-state index contributed by atoms with van der Waals surface area (Å²) in [6.45, 7) is 0. The minimum absolute atomic E-state index is 0.0931. The van der Waals surface area contributed by atoms with Crippen molar-refractivity contribution >= 4 is 17.5 Å². The SMILES string of the molecule is O=C1CCC(C(=O)O)C1=O. The lowest BCUT2D eigenvalue weighted by Gasteiger charge is -1.95. The molecule has 4 heteroatoms. The summed E-state index contributed by atoms with van der Waals surface area (Å²) in [5.74, 6) is -3.54. The van der Waals surface area contributed by atoms with Gasteiger partial charge in [-0.15, -0.1) is 0 Å². The van der Waals surface area contributed by atoms with Crippen molar-refractivity contribution in [1.29, 1.82) is 0 Å². The number of carboxylic acids is 1. The third-order valence-electron chi connectivity index (χ3n) is 1.55. The van der Waals surface area contributed by atoms with Crippen LogP contribution in [0.25, 0.3) is 0 Å². The zero-order valence-electron chi connectivity index (χ0n) is 5.16. The lowest BCUT2D eigenvalue weighted by Crippen LogP contribution is -2.21. The van der Waals surface area contributed by atoms with E-state index in [9.17, 15) is 14.4 Å². The van der Waals surface area contributed by atoms with Crippen LogP contribution in [-0.4, -0.2) is 22.6 Å². The maximum absolute atomic E-state index is 10.6. The molecule has 0 heterocycles. The molecule has 10 heavy (non-hydrogen) atoms. The number of carbonyl (C=O) groups is 3. The van der Waals surface area contributed by atoms with Gasteiger partial charge in [0.15, 0.2) is 5.78 Å². The first-order valence-corrected chi connectivity index (χ1v) is 2.93. The molecule has 1 atom stereocenters. The van der Waals surface area contributed by atoms with Crippen molar-refractivity contribution in [1.82, 2.24) is 0 Å². The molecule has 0 bridgehead atoms. The van der Waals surface area contributed by atoms with Crippen LogP contribution in [0.1, 0.15) is 12.8 Å². The van der Waals surface area contributed by atoms with E-state index in [4.69, 9.17) is 5.11 Å². The van der Waals surface area contributed by atoms with E-state index in [1.807, 2.05) is 0 Å². The van der Waals surface area contributed by atoms with E-state index in [1.165, 1.54) is 0 Å². The molecule has 0 amide bonds. The number of carbonyl (C=O) groups excluding carboxylic acids is 2. The fourth-order valence-corrected chi connectivity index (χ4v) is 0.960. The summed E-state index contributed by atoms with van der Waals surface area (Å²) in [5, 5.41) is 8.33. The van der Waals surface area contributed by atoms with E-state index in [0.29, 0.717) is 0 Å². The van der Waals surface area contributed by atoms with Crippen LogP contribution in [0.2, 0.25) is 0 Å². The van der Waals surface area contributed by atoms with Gasteiger partial charge in [-0.3, -0.25) is 14.4 Å². The maximum atomic E-state index is 10.6. The average molecular weight is 142 g/mol. The van der Waals surface area contributed by atoms with Crippen molar-refractivity contribution in [3.63, 3.8) is 0 Å². The van der Waals surface area contributed by atoms with Crippen LogP contribution in [0.15, 0.2) is 0 Å². The minimum atomic E-state index is -1.18. The molecule has 54 valence electrons. The first kappa shape index (κ1) is 6.92. The van der Waals surface area contributed by atoms with E-state index in [0.717, 1.165) is 0 Å². The fraction of sp³-hybridized carbons (Fsp3) is 0.500. The molecule has 0 aromatic heterocycles. The van der Waals surface area contributed by atoms with E-state index in [2.05, 4.69) is 0 Å². The highest BCUT2D eigenvalue weighted by molar-refractivity contribution is 6.42. The van der Waals surface area contributed by atoms with E-state index in [1.54, 1.807) is 0 Å². The molecular formula is C6H6O4. The Morgan fingerprint density at radius 3 is 2.30 bits per heavy atom. The summed E-state index contributed by atoms with van der Waals surface area (Å²) in [5.41, 5.74) is 0. The second-order valence-corrected chi connectivity index (χ2v) is 2.22. The van der Waals surface area contributed by atoms with Crippen molar-refractivity contribution in [3.8, 4) is 0 Å². The number of Topliss-reactive ketones (excluding diaryl/α,β-unsaturated/α-hetero) is 2. The molecular weight excluding hydrogens is 136 g/mol. The molecule has 1 unspecified atom stereocenters. The van der Waals surface area contributed by atoms with Crippen molar-refractivity contribution in [3.05, 3.63) is 0 Å². The Kier molecular flexibility index (Phi) is 1.53. The van der Waals surface area contributed by atoms with Gasteiger partial charge in [0, 0.05) is 6.42 Å². The average Bonchev–Trinajstić information content (AvgIpc) is 2.14. The molecule has 0 aromatic carbocycles. The molecule has 1 N–H and O–H groups in total. The Labute approximate surface area is 56.8 Å². The summed E-state index contributed by atoms with van der Waals surface area (Å²) in [4.78, 5) is 31.3. The number of hydrogen-bond acceptors (Lipinski definition) is 3. The molecule has 1 saturated carbocycles. The van der Waals surface area contributed by atoms with Gasteiger partial charge in [0.1, 0.15) is 5.92 Å². The van der Waals surface area contributed by atoms with E-state index in [-0.39, 0.29) is 12.8 Å². The summed E-state index contributed by atoms with van der Waals surface area (Å²) in [6, 6.07) is 0. The topological polar surface area (TPSA) is 71.4 Å². The molecule has 1 aliphatic rings. The standard InChI is InChI=1S/C6H6O4/c7-4-2-1-3(5(4)8)6(9)10/h3H,1-2H2,(H,9,10). The highest BCUT2D eigenvalue weighted by atomic mass is 16.4. The minimum Gasteiger partial charge on any atom is -0.481 e. The summed E-state index contributed by atoms with van der Waals surface area (Å²) < 4.78 is 0. The first-order valence-electron chi connectivity index (χ1n) is 2.93.